The molecule has 0 aliphatic rings. The normalized spacial score (nSPS) is 11.4. The number of aromatic nitrogens is 1. The molecule has 0 atom stereocenters. The highest BCUT2D eigenvalue weighted by Gasteiger charge is 2.31. The van der Waals surface area contributed by atoms with Gasteiger partial charge in [0.1, 0.15) is 17.4 Å². The van der Waals surface area contributed by atoms with E-state index in [1.165, 1.54) is 13.1 Å². The molecular weight excluding hydrogens is 412 g/mol. The van der Waals surface area contributed by atoms with Crippen LogP contribution in [0.2, 0.25) is 0 Å². The van der Waals surface area contributed by atoms with E-state index in [0.29, 0.717) is 40.5 Å². The van der Waals surface area contributed by atoms with Gasteiger partial charge in [-0.15, -0.1) is 0 Å². The number of Topliss-reactive ketones (excluding diaryl/α,β-unsaturated/α-hetero) is 2. The maximum atomic E-state index is 13.9. The monoisotopic (exact) mass is 430 g/mol. The van der Waals surface area contributed by atoms with Crippen molar-refractivity contribution in [2.75, 3.05) is 5.73 Å². The Morgan fingerprint density at radius 3 is 2.29 bits per heavy atom. The van der Waals surface area contributed by atoms with Crippen LogP contribution in [-0.2, 0) is 23.8 Å². The number of pyridine rings is 1. The third kappa shape index (κ3) is 5.33. The fourth-order valence-corrected chi connectivity index (χ4v) is 3.09. The summed E-state index contributed by atoms with van der Waals surface area (Å²) >= 11 is 0. The van der Waals surface area contributed by atoms with Gasteiger partial charge in [0.05, 0.1) is 5.56 Å². The van der Waals surface area contributed by atoms with Crippen molar-refractivity contribution in [1.29, 1.82) is 0 Å². The number of alkyl halides is 3. The maximum absolute atomic E-state index is 13.9. The molecule has 0 radical (unpaired) electrons. The maximum Gasteiger partial charge on any atom is 0.416 e. The van der Waals surface area contributed by atoms with E-state index in [1.54, 1.807) is 30.3 Å². The van der Waals surface area contributed by atoms with E-state index in [4.69, 9.17) is 5.73 Å². The molecule has 0 saturated heterocycles. The van der Waals surface area contributed by atoms with Gasteiger partial charge in [0, 0.05) is 30.2 Å². The Morgan fingerprint density at radius 1 is 1.00 bits per heavy atom. The van der Waals surface area contributed by atoms with E-state index in [9.17, 15) is 27.2 Å². The van der Waals surface area contributed by atoms with Crippen molar-refractivity contribution in [2.24, 2.45) is 0 Å². The molecule has 8 heteroatoms. The number of carbonyl (C=O) groups excluding carboxylic acids is 2. The summed E-state index contributed by atoms with van der Waals surface area (Å²) in [5, 5.41) is 0. The van der Waals surface area contributed by atoms with E-state index in [1.807, 2.05) is 0 Å². The number of carbonyl (C=O) groups is 2. The number of ketones is 2. The van der Waals surface area contributed by atoms with Gasteiger partial charge in [0.25, 0.3) is 0 Å². The molecular formula is C23H18F4N2O2. The van der Waals surface area contributed by atoms with Gasteiger partial charge in [-0.3, -0.25) is 9.59 Å². The van der Waals surface area contributed by atoms with Crippen molar-refractivity contribution in [1.82, 2.24) is 4.98 Å². The first-order valence-electron chi connectivity index (χ1n) is 9.27. The Balaban J connectivity index is 1.74. The number of anilines is 1. The van der Waals surface area contributed by atoms with Gasteiger partial charge in [-0.05, 0) is 47.9 Å². The molecule has 4 nitrogen and oxygen atoms in total. The number of nitrogens with zero attached hydrogens (tertiary/aromatic N) is 1. The van der Waals surface area contributed by atoms with Crippen molar-refractivity contribution in [2.45, 2.75) is 25.9 Å². The molecule has 0 bridgehead atoms. The van der Waals surface area contributed by atoms with Crippen LogP contribution in [0, 0.1) is 5.82 Å². The summed E-state index contributed by atoms with van der Waals surface area (Å²) in [7, 11) is 0. The first-order chi connectivity index (χ1) is 14.5. The van der Waals surface area contributed by atoms with Gasteiger partial charge >= 0.3 is 6.18 Å². The lowest BCUT2D eigenvalue weighted by Gasteiger charge is -2.10. The van der Waals surface area contributed by atoms with Gasteiger partial charge < -0.3 is 5.73 Å². The number of nitrogens with two attached hydrogens (primary N) is 1. The van der Waals surface area contributed by atoms with Crippen LogP contribution in [0.4, 0.5) is 23.4 Å². The molecule has 0 saturated carbocycles. The molecule has 0 aliphatic carbocycles. The molecule has 0 aliphatic heterocycles. The smallest absolute Gasteiger partial charge is 0.383 e. The zero-order chi connectivity index (χ0) is 22.8. The molecule has 160 valence electrons. The zero-order valence-corrected chi connectivity index (χ0v) is 16.5. The number of rotatable bonds is 6. The van der Waals surface area contributed by atoms with Gasteiger partial charge in [0.15, 0.2) is 5.78 Å². The lowest BCUT2D eigenvalue weighted by molar-refractivity contribution is -0.137. The molecule has 0 spiro atoms. The van der Waals surface area contributed by atoms with Crippen molar-refractivity contribution in [3.8, 4) is 11.1 Å². The Hall–Kier alpha value is -3.55. The molecule has 0 fully saturated rings. The standard InChI is InChI=1S/C23H18F4N2O2/c1-13(30)17-11-20(22(28)29-12-17)15-4-2-14(3-5-15)8-19(31)10-16-9-18(23(25,26)27)6-7-21(16)24/h2-7,9,11-12H,8,10H2,1H3,(H2,28,29). The quantitative estimate of drug-likeness (QED) is 0.439. The van der Waals surface area contributed by atoms with Gasteiger partial charge in [-0.2, -0.15) is 13.2 Å². The Bertz CT molecular complexity index is 1140. The summed E-state index contributed by atoms with van der Waals surface area (Å²) in [4.78, 5) is 27.9. The van der Waals surface area contributed by atoms with Crippen molar-refractivity contribution >= 4 is 17.4 Å². The minimum absolute atomic E-state index is 0.0722. The zero-order valence-electron chi connectivity index (χ0n) is 16.5. The molecule has 3 aromatic rings. The number of hydrogen-bond acceptors (Lipinski definition) is 4. The van der Waals surface area contributed by atoms with Crippen molar-refractivity contribution < 1.29 is 27.2 Å². The summed E-state index contributed by atoms with van der Waals surface area (Å²) in [5.41, 5.74) is 6.87. The van der Waals surface area contributed by atoms with Crippen molar-refractivity contribution in [3.63, 3.8) is 0 Å². The van der Waals surface area contributed by atoms with E-state index < -0.39 is 29.8 Å². The predicted molar refractivity (Wildman–Crippen MR) is 108 cm³/mol. The summed E-state index contributed by atoms with van der Waals surface area (Å²) in [5.74, 6) is -1.19. The lowest BCUT2D eigenvalue weighted by atomic mass is 9.98. The first-order valence-corrected chi connectivity index (χ1v) is 9.27. The molecule has 0 unspecified atom stereocenters. The van der Waals surface area contributed by atoms with Crippen molar-refractivity contribution in [3.05, 3.63) is 82.8 Å². The molecule has 2 aromatic carbocycles. The molecule has 0 amide bonds. The summed E-state index contributed by atoms with van der Waals surface area (Å²) < 4.78 is 52.3. The van der Waals surface area contributed by atoms with Crippen LogP contribution in [0.1, 0.15) is 34.0 Å². The van der Waals surface area contributed by atoms with Crippen LogP contribution in [0.15, 0.2) is 54.7 Å². The molecule has 31 heavy (non-hydrogen) atoms. The third-order valence-corrected chi connectivity index (χ3v) is 4.75. The minimum atomic E-state index is -4.61. The van der Waals surface area contributed by atoms with E-state index in [0.717, 1.165) is 0 Å². The van der Waals surface area contributed by atoms with Gasteiger partial charge in [-0.1, -0.05) is 24.3 Å². The Kier molecular flexibility index (Phi) is 6.19. The van der Waals surface area contributed by atoms with Gasteiger partial charge in [0.2, 0.25) is 0 Å². The van der Waals surface area contributed by atoms with E-state index in [-0.39, 0.29) is 23.6 Å². The lowest BCUT2D eigenvalue weighted by Crippen LogP contribution is -2.11. The predicted octanol–water partition coefficient (Wildman–Crippen LogP) is 5.05. The highest BCUT2D eigenvalue weighted by molar-refractivity contribution is 5.96. The Morgan fingerprint density at radius 2 is 1.68 bits per heavy atom. The SMILES string of the molecule is CC(=O)c1cnc(N)c(-c2ccc(CC(=O)Cc3cc(C(F)(F)F)ccc3F)cc2)c1. The van der Waals surface area contributed by atoms with Crippen LogP contribution < -0.4 is 5.73 Å². The Labute approximate surface area is 175 Å². The van der Waals surface area contributed by atoms with Crippen LogP contribution in [0.25, 0.3) is 11.1 Å². The number of halogens is 4. The minimum Gasteiger partial charge on any atom is -0.383 e. The number of hydrogen-bond donors (Lipinski definition) is 1. The fraction of sp³-hybridized carbons (Fsp3) is 0.174. The molecule has 2 N–H and O–H groups in total. The second kappa shape index (κ2) is 8.67. The van der Waals surface area contributed by atoms with E-state index >= 15 is 0 Å². The summed E-state index contributed by atoms with van der Waals surface area (Å²) in [6.45, 7) is 1.42. The third-order valence-electron chi connectivity index (χ3n) is 4.75. The summed E-state index contributed by atoms with van der Waals surface area (Å²) in [6.07, 6.45) is -3.74. The van der Waals surface area contributed by atoms with Crippen LogP contribution in [-0.4, -0.2) is 16.6 Å². The second-order valence-corrected chi connectivity index (χ2v) is 7.11. The average Bonchev–Trinajstić information content (AvgIpc) is 2.69. The number of nitrogen functional groups attached to an aromatic ring is 1. The second-order valence-electron chi connectivity index (χ2n) is 7.11. The molecule has 1 aromatic heterocycles. The van der Waals surface area contributed by atoms with Crippen LogP contribution in [0.5, 0.6) is 0 Å². The highest BCUT2D eigenvalue weighted by atomic mass is 19.4. The van der Waals surface area contributed by atoms with Gasteiger partial charge in [-0.25, -0.2) is 9.37 Å². The van der Waals surface area contributed by atoms with Crippen LogP contribution in [0.3, 0.4) is 0 Å². The highest BCUT2D eigenvalue weighted by Crippen LogP contribution is 2.31. The topological polar surface area (TPSA) is 73.1 Å². The first kappa shape index (κ1) is 22.1. The van der Waals surface area contributed by atoms with E-state index in [2.05, 4.69) is 4.98 Å². The average molecular weight is 430 g/mol. The summed E-state index contributed by atoms with van der Waals surface area (Å²) in [6, 6.07) is 10.4. The fourth-order valence-electron chi connectivity index (χ4n) is 3.09. The largest absolute Gasteiger partial charge is 0.416 e. The molecule has 3 rings (SSSR count). The molecule has 1 heterocycles. The number of benzene rings is 2. The van der Waals surface area contributed by atoms with Crippen LogP contribution >= 0.6 is 0 Å².